The molecule has 0 saturated heterocycles. The summed E-state index contributed by atoms with van der Waals surface area (Å²) in [5.74, 6) is -0.232. The predicted molar refractivity (Wildman–Crippen MR) is 273 cm³/mol. The second-order valence-electron chi connectivity index (χ2n) is 19.3. The van der Waals surface area contributed by atoms with Gasteiger partial charge < -0.3 is 0 Å². The van der Waals surface area contributed by atoms with Crippen molar-refractivity contribution < 1.29 is 4.39 Å². The highest BCUT2D eigenvalue weighted by Crippen LogP contribution is 2.55. The third-order valence-corrected chi connectivity index (χ3v) is 15.1. The van der Waals surface area contributed by atoms with Crippen LogP contribution in [0.4, 0.5) is 4.39 Å². The van der Waals surface area contributed by atoms with E-state index >= 15 is 0 Å². The molecule has 2 aliphatic carbocycles. The van der Waals surface area contributed by atoms with Gasteiger partial charge in [0.15, 0.2) is 0 Å². The highest BCUT2D eigenvalue weighted by Gasteiger charge is 2.38. The third kappa shape index (κ3) is 5.36. The average Bonchev–Trinajstić information content (AvgIpc) is 3.71. The quantitative estimate of drug-likeness (QED) is 0.155. The summed E-state index contributed by atoms with van der Waals surface area (Å²) in [6.07, 6.45) is 0. The molecule has 0 heterocycles. The van der Waals surface area contributed by atoms with Crippen molar-refractivity contribution in [3.8, 4) is 66.8 Å². The van der Waals surface area contributed by atoms with Crippen LogP contribution in [0.15, 0.2) is 200 Å². The van der Waals surface area contributed by atoms with Gasteiger partial charge in [-0.3, -0.25) is 0 Å². The lowest BCUT2D eigenvalue weighted by atomic mass is 9.79. The van der Waals surface area contributed by atoms with Gasteiger partial charge in [0.25, 0.3) is 0 Å². The van der Waals surface area contributed by atoms with Crippen LogP contribution in [0.1, 0.15) is 49.9 Å². The van der Waals surface area contributed by atoms with E-state index in [-0.39, 0.29) is 16.6 Å². The highest BCUT2D eigenvalue weighted by atomic mass is 19.1. The van der Waals surface area contributed by atoms with Crippen LogP contribution in [-0.2, 0) is 10.8 Å². The Hall–Kier alpha value is -7.61. The molecule has 0 unspecified atom stereocenters. The van der Waals surface area contributed by atoms with E-state index in [4.69, 9.17) is 0 Å². The number of rotatable bonds is 4. The van der Waals surface area contributed by atoms with E-state index in [0.29, 0.717) is 0 Å². The smallest absolute Gasteiger partial charge is 0.123 e. The fraction of sp³-hybridized carbons (Fsp3) is 0.0938. The molecule has 0 N–H and O–H groups in total. The maximum absolute atomic E-state index is 14.3. The summed E-state index contributed by atoms with van der Waals surface area (Å²) >= 11 is 0. The minimum absolute atomic E-state index is 0.0471. The lowest BCUT2D eigenvalue weighted by Crippen LogP contribution is -2.15. The van der Waals surface area contributed by atoms with Crippen LogP contribution in [0.3, 0.4) is 0 Å². The first-order valence-electron chi connectivity index (χ1n) is 22.9. The molecule has 308 valence electrons. The molecule has 0 saturated carbocycles. The van der Waals surface area contributed by atoms with Crippen molar-refractivity contribution in [1.82, 2.24) is 0 Å². The summed E-state index contributed by atoms with van der Waals surface area (Å²) in [6, 6.07) is 72.8. The van der Waals surface area contributed by atoms with E-state index in [1.165, 1.54) is 110 Å². The summed E-state index contributed by atoms with van der Waals surface area (Å²) in [4.78, 5) is 0. The van der Waals surface area contributed by atoms with Gasteiger partial charge in [-0.1, -0.05) is 198 Å². The van der Waals surface area contributed by atoms with Crippen molar-refractivity contribution in [3.63, 3.8) is 0 Å². The number of hydrogen-bond donors (Lipinski definition) is 0. The zero-order chi connectivity index (χ0) is 43.8. The molecule has 11 aromatic rings. The van der Waals surface area contributed by atoms with Crippen molar-refractivity contribution in [2.45, 2.75) is 38.5 Å². The van der Waals surface area contributed by atoms with Crippen LogP contribution in [0.25, 0.3) is 110 Å². The van der Waals surface area contributed by atoms with Gasteiger partial charge in [-0.05, 0) is 162 Å². The molecule has 0 bridgehead atoms. The Morgan fingerprint density at radius 3 is 0.985 bits per heavy atom. The topological polar surface area (TPSA) is 0 Å². The molecular weight excluding hydrogens is 788 g/mol. The zero-order valence-electron chi connectivity index (χ0n) is 36.9. The van der Waals surface area contributed by atoms with E-state index < -0.39 is 0 Å². The van der Waals surface area contributed by atoms with Crippen molar-refractivity contribution >= 4 is 43.1 Å². The number of hydrogen-bond acceptors (Lipinski definition) is 0. The molecule has 1 heteroatoms. The number of halogens is 1. The second kappa shape index (κ2) is 13.7. The van der Waals surface area contributed by atoms with E-state index in [9.17, 15) is 4.39 Å². The standard InChI is InChI=1S/C64H45F/c1-63(2)55-24-14-13-15-43(55)44-32-27-39(35-56(44)63)40-28-33-45-46-34-29-41(37-58(46)64(3,4)57(45)36-40)60-49-18-7-11-22-53(49)62(54-23-12-8-19-50(54)60)61-51-20-9-5-16-47(51)59(38-25-30-42(65)31-26-38)48-17-6-10-21-52(48)61/h5-37H,1-4H3. The second-order valence-corrected chi connectivity index (χ2v) is 19.3. The first kappa shape index (κ1) is 37.9. The highest BCUT2D eigenvalue weighted by molar-refractivity contribution is 6.30. The van der Waals surface area contributed by atoms with Gasteiger partial charge in [-0.2, -0.15) is 0 Å². The first-order valence-corrected chi connectivity index (χ1v) is 22.9. The van der Waals surface area contributed by atoms with Crippen LogP contribution < -0.4 is 0 Å². The first-order chi connectivity index (χ1) is 31.7. The van der Waals surface area contributed by atoms with Gasteiger partial charge in [0.05, 0.1) is 0 Å². The molecule has 0 nitrogen and oxygen atoms in total. The van der Waals surface area contributed by atoms with Gasteiger partial charge in [0.1, 0.15) is 5.82 Å². The maximum Gasteiger partial charge on any atom is 0.123 e. The molecule has 0 aromatic heterocycles. The summed E-state index contributed by atoms with van der Waals surface area (Å²) in [5, 5.41) is 9.57. The SMILES string of the molecule is CC1(C)c2ccccc2-c2ccc(-c3ccc4c(c3)C(C)(C)c3cc(-c5c6ccccc6c(-c6c7ccccc7c(-c7ccc(F)cc7)c7ccccc67)c6ccccc56)ccc3-4)cc21. The number of fused-ring (bicyclic) bond motifs is 10. The Bertz CT molecular complexity index is 3710. The largest absolute Gasteiger partial charge is 0.207 e. The van der Waals surface area contributed by atoms with Crippen LogP contribution in [-0.4, -0.2) is 0 Å². The summed E-state index contributed by atoms with van der Waals surface area (Å²) < 4.78 is 14.3. The molecule has 0 atom stereocenters. The molecule has 2 aliphatic rings. The van der Waals surface area contributed by atoms with Gasteiger partial charge in [0.2, 0.25) is 0 Å². The number of benzene rings is 11. The predicted octanol–water partition coefficient (Wildman–Crippen LogP) is 17.7. The maximum atomic E-state index is 14.3. The summed E-state index contributed by atoms with van der Waals surface area (Å²) in [6.45, 7) is 9.52. The van der Waals surface area contributed by atoms with E-state index in [2.05, 4.69) is 204 Å². The fourth-order valence-electron chi connectivity index (χ4n) is 12.0. The van der Waals surface area contributed by atoms with E-state index in [1.54, 1.807) is 12.1 Å². The molecule has 0 fully saturated rings. The van der Waals surface area contributed by atoms with Crippen LogP contribution in [0, 0.1) is 5.82 Å². The normalized spacial score (nSPS) is 14.2. The molecule has 65 heavy (non-hydrogen) atoms. The molecule has 0 spiro atoms. The van der Waals surface area contributed by atoms with E-state index in [1.807, 2.05) is 12.1 Å². The van der Waals surface area contributed by atoms with Gasteiger partial charge in [-0.25, -0.2) is 4.39 Å². The Kier molecular flexibility index (Phi) is 7.99. The average molecular weight is 833 g/mol. The van der Waals surface area contributed by atoms with Gasteiger partial charge in [-0.15, -0.1) is 0 Å². The van der Waals surface area contributed by atoms with Gasteiger partial charge >= 0.3 is 0 Å². The Morgan fingerprint density at radius 1 is 0.262 bits per heavy atom. The Balaban J connectivity index is 0.983. The van der Waals surface area contributed by atoms with Crippen molar-refractivity contribution in [1.29, 1.82) is 0 Å². The monoisotopic (exact) mass is 832 g/mol. The summed E-state index contributed by atoms with van der Waals surface area (Å²) in [5.41, 5.74) is 20.2. The van der Waals surface area contributed by atoms with Crippen LogP contribution in [0.2, 0.25) is 0 Å². The molecule has 0 aliphatic heterocycles. The molecule has 13 rings (SSSR count). The molecule has 11 aromatic carbocycles. The summed E-state index contributed by atoms with van der Waals surface area (Å²) in [7, 11) is 0. The van der Waals surface area contributed by atoms with Crippen molar-refractivity contribution in [3.05, 3.63) is 228 Å². The van der Waals surface area contributed by atoms with Crippen LogP contribution >= 0.6 is 0 Å². The fourth-order valence-corrected chi connectivity index (χ4v) is 12.0. The van der Waals surface area contributed by atoms with E-state index in [0.717, 1.165) is 21.9 Å². The zero-order valence-corrected chi connectivity index (χ0v) is 36.9. The Morgan fingerprint density at radius 2 is 0.554 bits per heavy atom. The molecule has 0 radical (unpaired) electrons. The minimum atomic E-state index is -0.232. The molecular formula is C64H45F. The van der Waals surface area contributed by atoms with Crippen molar-refractivity contribution in [2.75, 3.05) is 0 Å². The lowest BCUT2D eigenvalue weighted by Gasteiger charge is -2.24. The lowest BCUT2D eigenvalue weighted by molar-refractivity contribution is 0.628. The van der Waals surface area contributed by atoms with Crippen LogP contribution in [0.5, 0.6) is 0 Å². The Labute approximate surface area is 379 Å². The third-order valence-electron chi connectivity index (χ3n) is 15.1. The minimum Gasteiger partial charge on any atom is -0.207 e. The molecule has 0 amide bonds. The van der Waals surface area contributed by atoms with Gasteiger partial charge in [0, 0.05) is 10.8 Å². The van der Waals surface area contributed by atoms with Crippen molar-refractivity contribution in [2.24, 2.45) is 0 Å².